The molecule has 2 saturated heterocycles. The number of aliphatic hydroxyl groups excluding tert-OH is 1. The number of ether oxygens (including phenoxy) is 1. The molecule has 3 heterocycles. The van der Waals surface area contributed by atoms with E-state index in [1.54, 1.807) is 4.90 Å². The normalized spacial score (nSPS) is 24.1. The predicted octanol–water partition coefficient (Wildman–Crippen LogP) is 2.24. The van der Waals surface area contributed by atoms with Crippen molar-refractivity contribution in [1.82, 2.24) is 14.8 Å². The third-order valence-corrected chi connectivity index (χ3v) is 5.48. The van der Waals surface area contributed by atoms with E-state index in [0.29, 0.717) is 31.2 Å². The molecule has 2 aromatic rings. The zero-order chi connectivity index (χ0) is 18.3. The first-order chi connectivity index (χ1) is 12.5. The van der Waals surface area contributed by atoms with Gasteiger partial charge < -0.3 is 19.7 Å². The SMILES string of the molecule is CC(C)N1CCC(Oc2ccc3[nH]c(C(=O)N4CCC(O)C4)cc3c2)C1. The Morgan fingerprint density at radius 2 is 2.08 bits per heavy atom. The molecule has 6 heteroatoms. The quantitative estimate of drug-likeness (QED) is 0.881. The van der Waals surface area contributed by atoms with Crippen LogP contribution in [0.1, 0.15) is 37.2 Å². The number of aromatic amines is 1. The predicted molar refractivity (Wildman–Crippen MR) is 101 cm³/mol. The van der Waals surface area contributed by atoms with E-state index in [1.807, 2.05) is 24.3 Å². The minimum atomic E-state index is -0.403. The molecule has 26 heavy (non-hydrogen) atoms. The molecule has 1 aromatic carbocycles. The van der Waals surface area contributed by atoms with Gasteiger partial charge in [0.05, 0.1) is 6.10 Å². The number of carbonyl (C=O) groups is 1. The lowest BCUT2D eigenvalue weighted by Gasteiger charge is -2.20. The summed E-state index contributed by atoms with van der Waals surface area (Å²) in [7, 11) is 0. The zero-order valence-electron chi connectivity index (χ0n) is 15.4. The maximum absolute atomic E-state index is 12.6. The van der Waals surface area contributed by atoms with Crippen molar-refractivity contribution in [1.29, 1.82) is 0 Å². The van der Waals surface area contributed by atoms with Crippen LogP contribution in [0.2, 0.25) is 0 Å². The number of benzene rings is 1. The average molecular weight is 357 g/mol. The topological polar surface area (TPSA) is 68.8 Å². The number of β-amino-alcohol motifs (C(OH)–C–C–N with tert-alkyl or cyclic N) is 1. The molecule has 0 spiro atoms. The Hall–Kier alpha value is -2.05. The lowest BCUT2D eigenvalue weighted by molar-refractivity contribution is 0.0760. The molecule has 1 aromatic heterocycles. The Kier molecular flexibility index (Phi) is 4.63. The zero-order valence-corrected chi connectivity index (χ0v) is 15.4. The van der Waals surface area contributed by atoms with Crippen molar-refractivity contribution in [2.24, 2.45) is 0 Å². The van der Waals surface area contributed by atoms with E-state index in [2.05, 4.69) is 23.7 Å². The minimum Gasteiger partial charge on any atom is -0.489 e. The summed E-state index contributed by atoms with van der Waals surface area (Å²) in [5, 5.41) is 10.6. The molecule has 140 valence electrons. The number of amides is 1. The first-order valence-corrected chi connectivity index (χ1v) is 9.50. The van der Waals surface area contributed by atoms with E-state index >= 15 is 0 Å². The monoisotopic (exact) mass is 357 g/mol. The van der Waals surface area contributed by atoms with Crippen LogP contribution in [-0.4, -0.2) is 70.2 Å². The fourth-order valence-corrected chi connectivity index (χ4v) is 3.91. The van der Waals surface area contributed by atoms with E-state index in [9.17, 15) is 9.90 Å². The summed E-state index contributed by atoms with van der Waals surface area (Å²) in [6.45, 7) is 7.49. The second-order valence-electron chi connectivity index (χ2n) is 7.74. The van der Waals surface area contributed by atoms with Gasteiger partial charge in [0.2, 0.25) is 0 Å². The van der Waals surface area contributed by atoms with Crippen molar-refractivity contribution < 1.29 is 14.6 Å². The third-order valence-electron chi connectivity index (χ3n) is 5.48. The summed E-state index contributed by atoms with van der Waals surface area (Å²) < 4.78 is 6.16. The number of hydrogen-bond acceptors (Lipinski definition) is 4. The van der Waals surface area contributed by atoms with E-state index in [-0.39, 0.29) is 12.0 Å². The van der Waals surface area contributed by atoms with E-state index in [1.165, 1.54) is 0 Å². The molecule has 0 radical (unpaired) electrons. The highest BCUT2D eigenvalue weighted by Gasteiger charge is 2.27. The summed E-state index contributed by atoms with van der Waals surface area (Å²) in [5.41, 5.74) is 1.49. The fourth-order valence-electron chi connectivity index (χ4n) is 3.91. The van der Waals surface area contributed by atoms with Gasteiger partial charge in [-0.15, -0.1) is 0 Å². The fraction of sp³-hybridized carbons (Fsp3) is 0.550. The molecule has 2 aliphatic heterocycles. The summed E-state index contributed by atoms with van der Waals surface area (Å²) >= 11 is 0. The molecule has 2 fully saturated rings. The molecule has 6 nitrogen and oxygen atoms in total. The van der Waals surface area contributed by atoms with Gasteiger partial charge in [0.15, 0.2) is 0 Å². The van der Waals surface area contributed by atoms with Crippen molar-refractivity contribution in [3.8, 4) is 5.75 Å². The third kappa shape index (κ3) is 3.44. The number of H-pyrrole nitrogens is 1. The Morgan fingerprint density at radius 3 is 2.77 bits per heavy atom. The second kappa shape index (κ2) is 6.93. The molecule has 0 bridgehead atoms. The van der Waals surface area contributed by atoms with Gasteiger partial charge in [-0.25, -0.2) is 0 Å². The smallest absolute Gasteiger partial charge is 0.270 e. The highest BCUT2D eigenvalue weighted by atomic mass is 16.5. The number of aliphatic hydroxyl groups is 1. The highest BCUT2D eigenvalue weighted by Crippen LogP contribution is 2.26. The molecular weight excluding hydrogens is 330 g/mol. The molecule has 2 atom stereocenters. The van der Waals surface area contributed by atoms with Crippen LogP contribution in [0.15, 0.2) is 24.3 Å². The van der Waals surface area contributed by atoms with Crippen molar-refractivity contribution in [3.05, 3.63) is 30.0 Å². The molecule has 1 amide bonds. The Balaban J connectivity index is 1.47. The maximum atomic E-state index is 12.6. The molecule has 2 unspecified atom stereocenters. The first-order valence-electron chi connectivity index (χ1n) is 9.50. The van der Waals surface area contributed by atoms with E-state index in [0.717, 1.165) is 36.2 Å². The van der Waals surface area contributed by atoms with Gasteiger partial charge in [-0.3, -0.25) is 9.69 Å². The van der Waals surface area contributed by atoms with Crippen molar-refractivity contribution >= 4 is 16.8 Å². The van der Waals surface area contributed by atoms with Crippen LogP contribution in [0.5, 0.6) is 5.75 Å². The number of aromatic nitrogens is 1. The summed E-state index contributed by atoms with van der Waals surface area (Å²) in [5.74, 6) is 0.797. The summed E-state index contributed by atoms with van der Waals surface area (Å²) in [6.07, 6.45) is 1.52. The minimum absolute atomic E-state index is 0.0522. The van der Waals surface area contributed by atoms with E-state index < -0.39 is 6.10 Å². The van der Waals surface area contributed by atoms with Gasteiger partial charge in [0, 0.05) is 43.1 Å². The van der Waals surface area contributed by atoms with Gasteiger partial charge >= 0.3 is 0 Å². The first kappa shape index (κ1) is 17.4. The van der Waals surface area contributed by atoms with Gasteiger partial charge in [-0.05, 0) is 51.0 Å². The van der Waals surface area contributed by atoms with Crippen LogP contribution < -0.4 is 4.74 Å². The number of fused-ring (bicyclic) bond motifs is 1. The molecule has 2 aliphatic rings. The van der Waals surface area contributed by atoms with Crippen molar-refractivity contribution in [2.45, 2.75) is 44.9 Å². The highest BCUT2D eigenvalue weighted by molar-refractivity contribution is 5.98. The summed E-state index contributed by atoms with van der Waals surface area (Å²) in [6, 6.07) is 8.36. The number of nitrogens with one attached hydrogen (secondary N) is 1. The van der Waals surface area contributed by atoms with Crippen LogP contribution in [0.4, 0.5) is 0 Å². The maximum Gasteiger partial charge on any atom is 0.270 e. The summed E-state index contributed by atoms with van der Waals surface area (Å²) in [4.78, 5) is 19.9. The van der Waals surface area contributed by atoms with Gasteiger partial charge in [-0.2, -0.15) is 0 Å². The molecule has 2 N–H and O–H groups in total. The number of rotatable bonds is 4. The Morgan fingerprint density at radius 1 is 1.23 bits per heavy atom. The van der Waals surface area contributed by atoms with Crippen LogP contribution >= 0.6 is 0 Å². The molecule has 4 rings (SSSR count). The lowest BCUT2D eigenvalue weighted by Crippen LogP contribution is -2.30. The number of likely N-dealkylation sites (tertiary alicyclic amines) is 2. The van der Waals surface area contributed by atoms with E-state index in [4.69, 9.17) is 4.74 Å². The van der Waals surface area contributed by atoms with Crippen molar-refractivity contribution in [3.63, 3.8) is 0 Å². The van der Waals surface area contributed by atoms with Crippen LogP contribution in [0.25, 0.3) is 10.9 Å². The Bertz CT molecular complexity index is 801. The van der Waals surface area contributed by atoms with Crippen LogP contribution in [-0.2, 0) is 0 Å². The molecule has 0 saturated carbocycles. The average Bonchev–Trinajstić information content (AvgIpc) is 3.33. The van der Waals surface area contributed by atoms with Crippen LogP contribution in [0.3, 0.4) is 0 Å². The van der Waals surface area contributed by atoms with Crippen LogP contribution in [0, 0.1) is 0 Å². The van der Waals surface area contributed by atoms with Gasteiger partial charge in [0.25, 0.3) is 5.91 Å². The van der Waals surface area contributed by atoms with Gasteiger partial charge in [-0.1, -0.05) is 0 Å². The number of hydrogen-bond donors (Lipinski definition) is 2. The second-order valence-corrected chi connectivity index (χ2v) is 7.74. The van der Waals surface area contributed by atoms with Gasteiger partial charge in [0.1, 0.15) is 17.5 Å². The number of carbonyl (C=O) groups excluding carboxylic acids is 1. The lowest BCUT2D eigenvalue weighted by atomic mass is 10.2. The molecule has 0 aliphatic carbocycles. The number of nitrogens with zero attached hydrogens (tertiary/aromatic N) is 2. The standard InChI is InChI=1S/C20H27N3O3/c1-13(2)22-8-6-17(12-22)26-16-3-4-18-14(9-16)10-19(21-18)20(25)23-7-5-15(24)11-23/h3-4,9-10,13,15,17,21,24H,5-8,11-12H2,1-2H3. The molecular formula is C20H27N3O3. The Labute approximate surface area is 153 Å². The largest absolute Gasteiger partial charge is 0.489 e. The van der Waals surface area contributed by atoms with Crippen molar-refractivity contribution in [2.75, 3.05) is 26.2 Å².